The van der Waals surface area contributed by atoms with Gasteiger partial charge in [0, 0.05) is 18.7 Å². The number of ketones is 1. The van der Waals surface area contributed by atoms with E-state index in [-0.39, 0.29) is 5.78 Å². The fourth-order valence-corrected chi connectivity index (χ4v) is 2.78. The summed E-state index contributed by atoms with van der Waals surface area (Å²) >= 11 is 0. The van der Waals surface area contributed by atoms with Crippen molar-refractivity contribution in [2.45, 2.75) is 25.8 Å². The van der Waals surface area contributed by atoms with Crippen LogP contribution in [0.5, 0.6) is 5.75 Å². The van der Waals surface area contributed by atoms with Crippen LogP contribution in [0.2, 0.25) is 0 Å². The van der Waals surface area contributed by atoms with Crippen LogP contribution >= 0.6 is 0 Å². The van der Waals surface area contributed by atoms with Gasteiger partial charge < -0.3 is 14.2 Å². The van der Waals surface area contributed by atoms with E-state index in [0.29, 0.717) is 50.8 Å². The standard InChI is InChI=1S/C19H26N2O4/c1-19(2,21-8-11-24-12-9-21)18(22)16-5-3-6-17(15-16)25-14-13-23-10-4-7-20/h3,5-6,15H,4,8-14H2,1-2H3. The zero-order chi connectivity index (χ0) is 18.1. The highest BCUT2D eigenvalue weighted by molar-refractivity contribution is 6.03. The number of morpholine rings is 1. The minimum absolute atomic E-state index is 0.0742. The Morgan fingerprint density at radius 2 is 2.04 bits per heavy atom. The van der Waals surface area contributed by atoms with E-state index in [2.05, 4.69) is 4.90 Å². The van der Waals surface area contributed by atoms with E-state index in [1.54, 1.807) is 6.07 Å². The first-order valence-corrected chi connectivity index (χ1v) is 8.61. The van der Waals surface area contributed by atoms with Crippen molar-refractivity contribution >= 4 is 5.78 Å². The maximum Gasteiger partial charge on any atom is 0.182 e. The number of rotatable bonds is 9. The number of nitriles is 1. The maximum atomic E-state index is 13.0. The molecular weight excluding hydrogens is 320 g/mol. The second-order valence-corrected chi connectivity index (χ2v) is 6.38. The number of carbonyl (C=O) groups is 1. The average Bonchev–Trinajstić information content (AvgIpc) is 2.65. The highest BCUT2D eigenvalue weighted by Crippen LogP contribution is 2.24. The van der Waals surface area contributed by atoms with E-state index in [0.717, 1.165) is 13.1 Å². The fraction of sp³-hybridized carbons (Fsp3) is 0.579. The molecule has 0 N–H and O–H groups in total. The first-order valence-electron chi connectivity index (χ1n) is 8.61. The minimum atomic E-state index is -0.581. The third-order valence-corrected chi connectivity index (χ3v) is 4.31. The Morgan fingerprint density at radius 3 is 2.76 bits per heavy atom. The van der Waals surface area contributed by atoms with Crippen LogP contribution in [0, 0.1) is 11.3 Å². The molecular formula is C19H26N2O4. The summed E-state index contributed by atoms with van der Waals surface area (Å²) in [6, 6.07) is 9.28. The third-order valence-electron chi connectivity index (χ3n) is 4.31. The first-order chi connectivity index (χ1) is 12.1. The molecule has 6 heteroatoms. The number of Topliss-reactive ketones (excluding diaryl/α,β-unsaturated/α-hetero) is 1. The van der Waals surface area contributed by atoms with Crippen LogP contribution in [0.3, 0.4) is 0 Å². The quantitative estimate of drug-likeness (QED) is 0.505. The third kappa shape index (κ3) is 5.53. The summed E-state index contributed by atoms with van der Waals surface area (Å²) in [7, 11) is 0. The number of ether oxygens (including phenoxy) is 3. The molecule has 0 saturated carbocycles. The van der Waals surface area contributed by atoms with Gasteiger partial charge >= 0.3 is 0 Å². The average molecular weight is 346 g/mol. The highest BCUT2D eigenvalue weighted by atomic mass is 16.5. The zero-order valence-electron chi connectivity index (χ0n) is 15.0. The van der Waals surface area contributed by atoms with Crippen LogP contribution in [0.1, 0.15) is 30.6 Å². The normalized spacial score (nSPS) is 15.6. The molecule has 0 bridgehead atoms. The van der Waals surface area contributed by atoms with E-state index >= 15 is 0 Å². The fourth-order valence-electron chi connectivity index (χ4n) is 2.78. The molecule has 1 fully saturated rings. The van der Waals surface area contributed by atoms with Crippen molar-refractivity contribution in [3.8, 4) is 11.8 Å². The van der Waals surface area contributed by atoms with Gasteiger partial charge in [0.15, 0.2) is 5.78 Å². The van der Waals surface area contributed by atoms with E-state index in [1.165, 1.54) is 0 Å². The molecule has 0 unspecified atom stereocenters. The van der Waals surface area contributed by atoms with Gasteiger partial charge in [-0.05, 0) is 26.0 Å². The molecule has 0 spiro atoms. The highest BCUT2D eigenvalue weighted by Gasteiger charge is 2.36. The molecule has 1 aliphatic rings. The van der Waals surface area contributed by atoms with Crippen molar-refractivity contribution in [2.75, 3.05) is 46.1 Å². The molecule has 0 aromatic heterocycles. The van der Waals surface area contributed by atoms with Gasteiger partial charge in [0.1, 0.15) is 12.4 Å². The van der Waals surface area contributed by atoms with Crippen LogP contribution in [0.4, 0.5) is 0 Å². The summed E-state index contributed by atoms with van der Waals surface area (Å²) in [5.74, 6) is 0.720. The van der Waals surface area contributed by atoms with Crippen molar-refractivity contribution in [1.29, 1.82) is 5.26 Å². The lowest BCUT2D eigenvalue weighted by atomic mass is 9.91. The summed E-state index contributed by atoms with van der Waals surface area (Å²) < 4.78 is 16.3. The summed E-state index contributed by atoms with van der Waals surface area (Å²) in [5, 5.41) is 8.44. The van der Waals surface area contributed by atoms with Crippen LogP contribution in [0.25, 0.3) is 0 Å². The number of nitrogens with zero attached hydrogens (tertiary/aromatic N) is 2. The molecule has 1 aromatic rings. The number of hydrogen-bond donors (Lipinski definition) is 0. The molecule has 0 radical (unpaired) electrons. The van der Waals surface area contributed by atoms with Gasteiger partial charge in [-0.25, -0.2) is 0 Å². The minimum Gasteiger partial charge on any atom is -0.491 e. The van der Waals surface area contributed by atoms with Gasteiger partial charge in [0.25, 0.3) is 0 Å². The SMILES string of the molecule is CC(C)(C(=O)c1cccc(OCCOCCC#N)c1)N1CCOCC1. The van der Waals surface area contributed by atoms with Crippen LogP contribution in [0.15, 0.2) is 24.3 Å². The van der Waals surface area contributed by atoms with Gasteiger partial charge in [0.05, 0.1) is 44.5 Å². The monoisotopic (exact) mass is 346 g/mol. The molecule has 0 amide bonds. The molecule has 1 heterocycles. The summed E-state index contributed by atoms with van der Waals surface area (Å²) in [6.07, 6.45) is 0.376. The van der Waals surface area contributed by atoms with Gasteiger partial charge in [-0.3, -0.25) is 9.69 Å². The van der Waals surface area contributed by atoms with E-state index in [1.807, 2.05) is 38.1 Å². The summed E-state index contributed by atoms with van der Waals surface area (Å²) in [6.45, 7) is 7.96. The predicted molar refractivity (Wildman–Crippen MR) is 93.8 cm³/mol. The molecule has 1 saturated heterocycles. The number of carbonyl (C=O) groups excluding carboxylic acids is 1. The topological polar surface area (TPSA) is 71.8 Å². The van der Waals surface area contributed by atoms with Crippen molar-refractivity contribution in [3.63, 3.8) is 0 Å². The molecule has 25 heavy (non-hydrogen) atoms. The molecule has 0 aliphatic carbocycles. The van der Waals surface area contributed by atoms with Crippen molar-refractivity contribution in [3.05, 3.63) is 29.8 Å². The van der Waals surface area contributed by atoms with E-state index in [9.17, 15) is 4.79 Å². The van der Waals surface area contributed by atoms with Gasteiger partial charge in [0.2, 0.25) is 0 Å². The van der Waals surface area contributed by atoms with Crippen molar-refractivity contribution < 1.29 is 19.0 Å². The Labute approximate surface area is 149 Å². The molecule has 0 atom stereocenters. The van der Waals surface area contributed by atoms with Gasteiger partial charge in [-0.1, -0.05) is 12.1 Å². The molecule has 6 nitrogen and oxygen atoms in total. The second-order valence-electron chi connectivity index (χ2n) is 6.38. The maximum absolute atomic E-state index is 13.0. The molecule has 1 aromatic carbocycles. The lowest BCUT2D eigenvalue weighted by molar-refractivity contribution is -0.00431. The summed E-state index contributed by atoms with van der Waals surface area (Å²) in [5.41, 5.74) is 0.0578. The largest absolute Gasteiger partial charge is 0.491 e. The molecule has 2 rings (SSSR count). The van der Waals surface area contributed by atoms with Crippen LogP contribution in [-0.2, 0) is 9.47 Å². The van der Waals surface area contributed by atoms with Crippen molar-refractivity contribution in [2.24, 2.45) is 0 Å². The molecule has 1 aliphatic heterocycles. The number of hydrogen-bond acceptors (Lipinski definition) is 6. The number of benzene rings is 1. The Hall–Kier alpha value is -1.94. The van der Waals surface area contributed by atoms with E-state index < -0.39 is 5.54 Å². The van der Waals surface area contributed by atoms with Gasteiger partial charge in [-0.15, -0.1) is 0 Å². The lowest BCUT2D eigenvalue weighted by Gasteiger charge is -2.39. The van der Waals surface area contributed by atoms with Crippen molar-refractivity contribution in [1.82, 2.24) is 4.90 Å². The predicted octanol–water partition coefficient (Wildman–Crippen LogP) is 2.29. The zero-order valence-corrected chi connectivity index (χ0v) is 15.0. The first kappa shape index (κ1) is 19.4. The van der Waals surface area contributed by atoms with Crippen LogP contribution < -0.4 is 4.74 Å². The summed E-state index contributed by atoms with van der Waals surface area (Å²) in [4.78, 5) is 15.1. The lowest BCUT2D eigenvalue weighted by Crippen LogP contribution is -2.54. The second kappa shape index (κ2) is 9.52. The van der Waals surface area contributed by atoms with Crippen LogP contribution in [-0.4, -0.2) is 62.3 Å². The van der Waals surface area contributed by atoms with Gasteiger partial charge in [-0.2, -0.15) is 5.26 Å². The Kier molecular flexibility index (Phi) is 7.38. The van der Waals surface area contributed by atoms with E-state index in [4.69, 9.17) is 19.5 Å². The Morgan fingerprint density at radius 1 is 1.28 bits per heavy atom. The molecule has 136 valence electrons. The Bertz CT molecular complexity index is 604. The Balaban J connectivity index is 1.93. The smallest absolute Gasteiger partial charge is 0.182 e.